The Morgan fingerprint density at radius 1 is 1.14 bits per heavy atom. The number of nitrogens with one attached hydrogen (secondary N) is 2. The van der Waals surface area contributed by atoms with Gasteiger partial charge in [0.05, 0.1) is 19.8 Å². The minimum absolute atomic E-state index is 0.00670. The molecule has 1 rings (SSSR count). The highest BCUT2D eigenvalue weighted by molar-refractivity contribution is 5.94. The summed E-state index contributed by atoms with van der Waals surface area (Å²) in [6.45, 7) is 3.93. The van der Waals surface area contributed by atoms with Crippen molar-refractivity contribution in [1.29, 1.82) is 0 Å². The minimum Gasteiger partial charge on any atom is -0.377 e. The molecule has 1 aromatic rings. The van der Waals surface area contributed by atoms with Gasteiger partial charge in [-0.1, -0.05) is 12.1 Å². The molecule has 6 heteroatoms. The van der Waals surface area contributed by atoms with Crippen LogP contribution in [0.3, 0.4) is 0 Å². The zero-order valence-electron chi connectivity index (χ0n) is 13.2. The fourth-order valence-electron chi connectivity index (χ4n) is 1.80. The molecule has 0 fully saturated rings. The second-order valence-electron chi connectivity index (χ2n) is 4.85. The van der Waals surface area contributed by atoms with E-state index in [-0.39, 0.29) is 18.3 Å². The first kappa shape index (κ1) is 18.3. The third kappa shape index (κ3) is 7.87. The summed E-state index contributed by atoms with van der Waals surface area (Å²) in [6, 6.07) is 7.48. The molecule has 0 saturated heterocycles. The largest absolute Gasteiger partial charge is 0.377 e. The van der Waals surface area contributed by atoms with Crippen molar-refractivity contribution in [2.75, 3.05) is 40.0 Å². The Balaban J connectivity index is 2.15. The fraction of sp³-hybridized carbons (Fsp3) is 0.500. The summed E-state index contributed by atoms with van der Waals surface area (Å²) in [6.07, 6.45) is 0. The van der Waals surface area contributed by atoms with Gasteiger partial charge in [0, 0.05) is 18.7 Å². The van der Waals surface area contributed by atoms with Crippen molar-refractivity contribution in [3.05, 3.63) is 35.4 Å². The molecule has 0 atom stereocenters. The van der Waals surface area contributed by atoms with Crippen LogP contribution in [0.2, 0.25) is 0 Å². The van der Waals surface area contributed by atoms with Crippen LogP contribution >= 0.6 is 0 Å². The monoisotopic (exact) mass is 308 g/mol. The van der Waals surface area contributed by atoms with Crippen LogP contribution in [0, 0.1) is 0 Å². The van der Waals surface area contributed by atoms with Crippen molar-refractivity contribution in [3.8, 4) is 0 Å². The smallest absolute Gasteiger partial charge is 0.251 e. The first-order valence-electron chi connectivity index (χ1n) is 7.30. The maximum Gasteiger partial charge on any atom is 0.251 e. The molecule has 1 aromatic carbocycles. The lowest BCUT2D eigenvalue weighted by Gasteiger charge is -2.08. The number of ether oxygens (including phenoxy) is 2. The Hall–Kier alpha value is -1.76. The van der Waals surface area contributed by atoms with Gasteiger partial charge in [0.1, 0.15) is 6.61 Å². The first-order valence-corrected chi connectivity index (χ1v) is 7.30. The molecule has 6 nitrogen and oxygen atoms in total. The molecule has 0 spiro atoms. The third-order valence-corrected chi connectivity index (χ3v) is 2.78. The third-order valence-electron chi connectivity index (χ3n) is 2.78. The van der Waals surface area contributed by atoms with Crippen molar-refractivity contribution in [2.45, 2.75) is 13.5 Å². The van der Waals surface area contributed by atoms with Crippen molar-refractivity contribution in [1.82, 2.24) is 10.6 Å². The summed E-state index contributed by atoms with van der Waals surface area (Å²) in [5.74, 6) is -0.123. The lowest BCUT2D eigenvalue weighted by Crippen LogP contribution is -2.27. The van der Waals surface area contributed by atoms with Crippen LogP contribution in [0.5, 0.6) is 0 Å². The number of amides is 1. The van der Waals surface area contributed by atoms with Crippen LogP contribution in [-0.2, 0) is 20.8 Å². The van der Waals surface area contributed by atoms with E-state index in [1.54, 1.807) is 6.07 Å². The summed E-state index contributed by atoms with van der Waals surface area (Å²) in [5.41, 5.74) is 1.70. The number of benzene rings is 1. The molecule has 0 bridgehead atoms. The van der Waals surface area contributed by atoms with E-state index in [2.05, 4.69) is 10.6 Å². The van der Waals surface area contributed by atoms with E-state index in [1.165, 1.54) is 6.92 Å². The van der Waals surface area contributed by atoms with E-state index in [1.807, 2.05) is 25.2 Å². The molecule has 1 amide bonds. The Labute approximate surface area is 131 Å². The van der Waals surface area contributed by atoms with E-state index in [0.29, 0.717) is 31.9 Å². The summed E-state index contributed by atoms with van der Waals surface area (Å²) in [7, 11) is 1.87. The van der Waals surface area contributed by atoms with Gasteiger partial charge in [-0.2, -0.15) is 0 Å². The maximum absolute atomic E-state index is 12.0. The van der Waals surface area contributed by atoms with Gasteiger partial charge in [-0.05, 0) is 31.7 Å². The highest BCUT2D eigenvalue weighted by Gasteiger charge is 2.05. The molecule has 0 unspecified atom stereocenters. The molecule has 0 aliphatic rings. The molecular weight excluding hydrogens is 284 g/mol. The number of Topliss-reactive ketones (excluding diaryl/α,β-unsaturated/α-hetero) is 1. The Morgan fingerprint density at radius 2 is 1.91 bits per heavy atom. The molecule has 22 heavy (non-hydrogen) atoms. The number of rotatable bonds is 11. The number of hydrogen-bond acceptors (Lipinski definition) is 5. The lowest BCUT2D eigenvalue weighted by molar-refractivity contribution is -0.121. The Bertz CT molecular complexity index is 477. The molecule has 0 saturated carbocycles. The summed E-state index contributed by atoms with van der Waals surface area (Å²) >= 11 is 0. The molecule has 2 N–H and O–H groups in total. The molecule has 0 heterocycles. The topological polar surface area (TPSA) is 76.7 Å². The number of carbonyl (C=O) groups is 2. The highest BCUT2D eigenvalue weighted by Crippen LogP contribution is 2.04. The van der Waals surface area contributed by atoms with Crippen LogP contribution < -0.4 is 10.6 Å². The first-order chi connectivity index (χ1) is 10.6. The highest BCUT2D eigenvalue weighted by atomic mass is 16.5. The summed E-state index contributed by atoms with van der Waals surface area (Å²) in [4.78, 5) is 22.6. The van der Waals surface area contributed by atoms with Crippen molar-refractivity contribution in [3.63, 3.8) is 0 Å². The second kappa shape index (κ2) is 10.9. The van der Waals surface area contributed by atoms with Gasteiger partial charge in [0.15, 0.2) is 5.78 Å². The van der Waals surface area contributed by atoms with Gasteiger partial charge in [0.2, 0.25) is 0 Å². The van der Waals surface area contributed by atoms with Crippen molar-refractivity contribution < 1.29 is 19.1 Å². The Morgan fingerprint density at radius 3 is 2.64 bits per heavy atom. The molecular formula is C16H24N2O4. The van der Waals surface area contributed by atoms with Gasteiger partial charge in [-0.3, -0.25) is 9.59 Å². The predicted molar refractivity (Wildman–Crippen MR) is 83.9 cm³/mol. The van der Waals surface area contributed by atoms with Crippen LogP contribution in [0.4, 0.5) is 0 Å². The molecule has 0 aliphatic carbocycles. The van der Waals surface area contributed by atoms with E-state index in [4.69, 9.17) is 9.47 Å². The maximum atomic E-state index is 12.0. The lowest BCUT2D eigenvalue weighted by atomic mass is 10.1. The van der Waals surface area contributed by atoms with Crippen LogP contribution in [0.25, 0.3) is 0 Å². The molecule has 0 aliphatic heterocycles. The average molecular weight is 308 g/mol. The van der Waals surface area contributed by atoms with Gasteiger partial charge < -0.3 is 20.1 Å². The predicted octanol–water partition coefficient (Wildman–Crippen LogP) is 0.758. The van der Waals surface area contributed by atoms with Gasteiger partial charge >= 0.3 is 0 Å². The quantitative estimate of drug-likeness (QED) is 0.590. The normalized spacial score (nSPS) is 10.5. The minimum atomic E-state index is -0.116. The zero-order valence-corrected chi connectivity index (χ0v) is 13.2. The van der Waals surface area contributed by atoms with Crippen LogP contribution in [0.1, 0.15) is 22.8 Å². The number of hydrogen-bond donors (Lipinski definition) is 2. The fourth-order valence-corrected chi connectivity index (χ4v) is 1.80. The Kier molecular flexibility index (Phi) is 9.06. The molecule has 122 valence electrons. The molecule has 0 aromatic heterocycles. The number of carbonyl (C=O) groups excluding carboxylic acids is 2. The van der Waals surface area contributed by atoms with Crippen molar-refractivity contribution >= 4 is 11.7 Å². The van der Waals surface area contributed by atoms with Gasteiger partial charge in [0.25, 0.3) is 5.91 Å². The second-order valence-corrected chi connectivity index (χ2v) is 4.85. The van der Waals surface area contributed by atoms with Gasteiger partial charge in [-0.25, -0.2) is 0 Å². The zero-order chi connectivity index (χ0) is 16.2. The summed E-state index contributed by atoms with van der Waals surface area (Å²) < 4.78 is 10.4. The standard InChI is InChI=1S/C16H24N2O4/c1-13(19)12-22-9-8-21-7-6-18-16(20)15-5-3-4-14(10-15)11-17-2/h3-5,10,17H,6-9,11-12H2,1-2H3,(H,18,20). The average Bonchev–Trinajstić information content (AvgIpc) is 2.50. The van der Waals surface area contributed by atoms with Crippen LogP contribution in [0.15, 0.2) is 24.3 Å². The van der Waals surface area contributed by atoms with E-state index >= 15 is 0 Å². The summed E-state index contributed by atoms with van der Waals surface area (Å²) in [5, 5.41) is 5.85. The van der Waals surface area contributed by atoms with E-state index < -0.39 is 0 Å². The van der Waals surface area contributed by atoms with E-state index in [0.717, 1.165) is 12.1 Å². The van der Waals surface area contributed by atoms with E-state index in [9.17, 15) is 9.59 Å². The van der Waals surface area contributed by atoms with Gasteiger partial charge in [-0.15, -0.1) is 0 Å². The SMILES string of the molecule is CNCc1cccc(C(=O)NCCOCCOCC(C)=O)c1. The molecule has 0 radical (unpaired) electrons. The van der Waals surface area contributed by atoms with Crippen molar-refractivity contribution in [2.24, 2.45) is 0 Å². The van der Waals surface area contributed by atoms with Crippen LogP contribution in [-0.4, -0.2) is 51.7 Å². The number of ketones is 1.